The Bertz CT molecular complexity index is 908. The van der Waals surface area contributed by atoms with Gasteiger partial charge < -0.3 is 9.80 Å². The minimum atomic E-state index is 0.0212. The Labute approximate surface area is 161 Å². The average Bonchev–Trinajstić information content (AvgIpc) is 3.12. The lowest BCUT2D eigenvalue weighted by atomic mass is 9.86. The van der Waals surface area contributed by atoms with Crippen molar-refractivity contribution in [1.82, 2.24) is 20.0 Å². The van der Waals surface area contributed by atoms with E-state index in [1.807, 2.05) is 4.90 Å². The van der Waals surface area contributed by atoms with Crippen molar-refractivity contribution in [1.29, 1.82) is 5.26 Å². The molecule has 1 fully saturated rings. The van der Waals surface area contributed by atoms with Crippen molar-refractivity contribution in [2.75, 3.05) is 19.6 Å². The molecule has 2 aromatic rings. The number of fused-ring (bicyclic) bond motifs is 1. The van der Waals surface area contributed by atoms with Crippen LogP contribution in [0.4, 0.5) is 0 Å². The van der Waals surface area contributed by atoms with E-state index in [0.717, 1.165) is 37.2 Å². The SMILES string of the molecule is Cc1c(P)cccc1C1CCN(C(=O)c2n[nH]c3c2CCN(C#N)C3)CC1. The monoisotopic (exact) mass is 381 g/mol. The number of aromatic nitrogens is 2. The number of benzene rings is 1. The molecule has 0 bridgehead atoms. The van der Waals surface area contributed by atoms with Crippen LogP contribution in [-0.4, -0.2) is 45.5 Å². The fourth-order valence-corrected chi connectivity index (χ4v) is 4.52. The van der Waals surface area contributed by atoms with Crippen LogP contribution in [0.25, 0.3) is 0 Å². The zero-order valence-corrected chi connectivity index (χ0v) is 16.7. The van der Waals surface area contributed by atoms with E-state index in [0.29, 0.717) is 31.1 Å². The quantitative estimate of drug-likeness (QED) is 0.638. The fourth-order valence-electron chi connectivity index (χ4n) is 4.24. The molecule has 2 aliphatic heterocycles. The average molecular weight is 381 g/mol. The van der Waals surface area contributed by atoms with E-state index in [9.17, 15) is 4.79 Å². The van der Waals surface area contributed by atoms with Crippen molar-refractivity contribution in [3.8, 4) is 6.19 Å². The first-order valence-corrected chi connectivity index (χ1v) is 10.0. The number of nitrogens with one attached hydrogen (secondary N) is 1. The number of hydrogen-bond acceptors (Lipinski definition) is 4. The highest BCUT2D eigenvalue weighted by molar-refractivity contribution is 7.27. The van der Waals surface area contributed by atoms with E-state index in [4.69, 9.17) is 5.26 Å². The first-order valence-electron chi connectivity index (χ1n) is 9.43. The lowest BCUT2D eigenvalue weighted by Crippen LogP contribution is -2.39. The van der Waals surface area contributed by atoms with Crippen LogP contribution in [0, 0.1) is 18.4 Å². The van der Waals surface area contributed by atoms with E-state index in [2.05, 4.69) is 50.8 Å². The van der Waals surface area contributed by atoms with Crippen LogP contribution in [0.2, 0.25) is 0 Å². The van der Waals surface area contributed by atoms with E-state index < -0.39 is 0 Å². The summed E-state index contributed by atoms with van der Waals surface area (Å²) in [5, 5.41) is 17.6. The third-order valence-corrected chi connectivity index (χ3v) is 6.54. The van der Waals surface area contributed by atoms with Crippen LogP contribution in [0.1, 0.15) is 51.6 Å². The van der Waals surface area contributed by atoms with E-state index in [-0.39, 0.29) is 5.91 Å². The van der Waals surface area contributed by atoms with Gasteiger partial charge in [0.25, 0.3) is 5.91 Å². The van der Waals surface area contributed by atoms with Crippen molar-refractivity contribution in [2.24, 2.45) is 0 Å². The van der Waals surface area contributed by atoms with E-state index >= 15 is 0 Å². The molecule has 2 aliphatic rings. The number of nitriles is 1. The molecule has 1 aromatic carbocycles. The van der Waals surface area contributed by atoms with Gasteiger partial charge in [0.05, 0.1) is 12.2 Å². The van der Waals surface area contributed by atoms with Gasteiger partial charge in [-0.05, 0) is 48.5 Å². The lowest BCUT2D eigenvalue weighted by molar-refractivity contribution is 0.0705. The number of rotatable bonds is 2. The van der Waals surface area contributed by atoms with Crippen LogP contribution >= 0.6 is 9.24 Å². The van der Waals surface area contributed by atoms with Gasteiger partial charge in [0.15, 0.2) is 11.9 Å². The Balaban J connectivity index is 1.45. The molecule has 1 aromatic heterocycles. The molecule has 1 N–H and O–H groups in total. The molecular formula is C20H24N5OP. The van der Waals surface area contributed by atoms with Crippen LogP contribution < -0.4 is 5.30 Å². The number of likely N-dealkylation sites (tertiary alicyclic amines) is 1. The topological polar surface area (TPSA) is 76.0 Å². The third kappa shape index (κ3) is 3.33. The second-order valence-corrected chi connectivity index (χ2v) is 8.05. The minimum Gasteiger partial charge on any atom is -0.337 e. The number of aromatic amines is 1. The summed E-state index contributed by atoms with van der Waals surface area (Å²) in [6.07, 6.45) is 4.82. The number of nitrogens with zero attached hydrogens (tertiary/aromatic N) is 4. The minimum absolute atomic E-state index is 0.0212. The van der Waals surface area contributed by atoms with Crippen molar-refractivity contribution >= 4 is 20.5 Å². The van der Waals surface area contributed by atoms with Gasteiger partial charge >= 0.3 is 0 Å². The summed E-state index contributed by atoms with van der Waals surface area (Å²) in [7, 11) is 2.81. The molecule has 7 heteroatoms. The first kappa shape index (κ1) is 18.0. The molecular weight excluding hydrogens is 357 g/mol. The second kappa shape index (κ2) is 7.32. The van der Waals surface area contributed by atoms with Crippen molar-refractivity contribution < 1.29 is 4.79 Å². The Morgan fingerprint density at radius 3 is 2.85 bits per heavy atom. The molecule has 0 aliphatic carbocycles. The molecule has 1 amide bonds. The third-order valence-electron chi connectivity index (χ3n) is 5.92. The summed E-state index contributed by atoms with van der Waals surface area (Å²) in [5.74, 6) is 0.528. The van der Waals surface area contributed by atoms with Gasteiger partial charge in [-0.3, -0.25) is 9.89 Å². The van der Waals surface area contributed by atoms with Gasteiger partial charge in [-0.25, -0.2) is 0 Å². The zero-order chi connectivity index (χ0) is 19.0. The highest BCUT2D eigenvalue weighted by Gasteiger charge is 2.30. The second-order valence-electron chi connectivity index (χ2n) is 7.43. The molecule has 0 radical (unpaired) electrons. The number of H-pyrrole nitrogens is 1. The predicted molar refractivity (Wildman–Crippen MR) is 107 cm³/mol. The van der Waals surface area contributed by atoms with Crippen molar-refractivity contribution in [3.05, 3.63) is 46.3 Å². The maximum absolute atomic E-state index is 13.0. The number of amides is 1. The van der Waals surface area contributed by atoms with Crippen molar-refractivity contribution in [2.45, 2.75) is 38.6 Å². The van der Waals surface area contributed by atoms with E-state index in [1.165, 1.54) is 16.4 Å². The number of carbonyl (C=O) groups excluding carboxylic acids is 1. The largest absolute Gasteiger partial charge is 0.337 e. The number of piperidine rings is 1. The van der Waals surface area contributed by atoms with Gasteiger partial charge in [0, 0.05) is 25.2 Å². The maximum atomic E-state index is 13.0. The molecule has 0 spiro atoms. The predicted octanol–water partition coefficient (Wildman–Crippen LogP) is 2.08. The maximum Gasteiger partial charge on any atom is 0.274 e. The number of carbonyl (C=O) groups is 1. The van der Waals surface area contributed by atoms with Gasteiger partial charge in [0.1, 0.15) is 0 Å². The standard InChI is InChI=1S/C20H24N5OP/c1-13-15(3-2-4-18(13)27)14-5-9-25(10-6-14)20(26)19-16-7-8-24(12-21)11-17(16)22-23-19/h2-4,14H,5-11,27H2,1H3,(H,22,23). The molecule has 140 valence electrons. The molecule has 3 heterocycles. The Morgan fingerprint density at radius 1 is 1.33 bits per heavy atom. The Morgan fingerprint density at radius 2 is 2.11 bits per heavy atom. The van der Waals surface area contributed by atoms with Gasteiger partial charge in [-0.1, -0.05) is 18.2 Å². The molecule has 0 saturated carbocycles. The van der Waals surface area contributed by atoms with Crippen LogP contribution in [0.5, 0.6) is 0 Å². The summed E-state index contributed by atoms with van der Waals surface area (Å²) >= 11 is 0. The molecule has 1 saturated heterocycles. The molecule has 6 nitrogen and oxygen atoms in total. The summed E-state index contributed by atoms with van der Waals surface area (Å²) in [6.45, 7) is 4.86. The summed E-state index contributed by atoms with van der Waals surface area (Å²) in [5.41, 5.74) is 5.18. The molecule has 1 atom stereocenters. The summed E-state index contributed by atoms with van der Waals surface area (Å²) < 4.78 is 0. The highest BCUT2D eigenvalue weighted by atomic mass is 31.0. The molecule has 1 unspecified atom stereocenters. The van der Waals surface area contributed by atoms with Crippen LogP contribution in [-0.2, 0) is 13.0 Å². The fraction of sp³-hybridized carbons (Fsp3) is 0.450. The van der Waals surface area contributed by atoms with Crippen LogP contribution in [0.15, 0.2) is 18.2 Å². The normalized spacial score (nSPS) is 17.5. The summed E-state index contributed by atoms with van der Waals surface area (Å²) in [6, 6.07) is 6.45. The Kier molecular flexibility index (Phi) is 4.88. The summed E-state index contributed by atoms with van der Waals surface area (Å²) in [4.78, 5) is 16.6. The molecule has 27 heavy (non-hydrogen) atoms. The highest BCUT2D eigenvalue weighted by Crippen LogP contribution is 2.31. The molecule has 4 rings (SSSR count). The van der Waals surface area contributed by atoms with Crippen molar-refractivity contribution in [3.63, 3.8) is 0 Å². The Hall–Kier alpha value is -2.38. The van der Waals surface area contributed by atoms with Gasteiger partial charge in [-0.15, -0.1) is 9.24 Å². The number of hydrogen-bond donors (Lipinski definition) is 1. The van der Waals surface area contributed by atoms with Gasteiger partial charge in [-0.2, -0.15) is 10.4 Å². The van der Waals surface area contributed by atoms with Gasteiger partial charge in [0.2, 0.25) is 0 Å². The zero-order valence-electron chi connectivity index (χ0n) is 15.5. The smallest absolute Gasteiger partial charge is 0.274 e. The first-order chi connectivity index (χ1) is 13.1. The van der Waals surface area contributed by atoms with E-state index in [1.54, 1.807) is 4.90 Å². The lowest BCUT2D eigenvalue weighted by Gasteiger charge is -2.33. The van der Waals surface area contributed by atoms with Crippen LogP contribution in [0.3, 0.4) is 0 Å².